The highest BCUT2D eigenvalue weighted by atomic mass is 16.6. The fourth-order valence-corrected chi connectivity index (χ4v) is 1.35. The summed E-state index contributed by atoms with van der Waals surface area (Å²) in [5.41, 5.74) is -0.645. The van der Waals surface area contributed by atoms with Crippen LogP contribution in [-0.2, 0) is 9.53 Å². The minimum atomic E-state index is -0.857. The average Bonchev–Trinajstić information content (AvgIpc) is 2.75. The van der Waals surface area contributed by atoms with Crippen molar-refractivity contribution in [3.63, 3.8) is 0 Å². The maximum absolute atomic E-state index is 11.8. The zero-order chi connectivity index (χ0) is 15.5. The van der Waals surface area contributed by atoms with Gasteiger partial charge in [0, 0.05) is 6.07 Å². The molecule has 1 rings (SSSR count). The number of hydrogen-bond donors (Lipinski definition) is 2. The molecule has 0 bridgehead atoms. The van der Waals surface area contributed by atoms with Crippen LogP contribution in [0.4, 0.5) is 5.82 Å². The van der Waals surface area contributed by atoms with E-state index < -0.39 is 28.4 Å². The molecule has 1 amide bonds. The Morgan fingerprint density at radius 3 is 2.45 bits per heavy atom. The second-order valence-corrected chi connectivity index (χ2v) is 5.24. The molecule has 0 fully saturated rings. The van der Waals surface area contributed by atoms with Gasteiger partial charge in [-0.25, -0.2) is 9.78 Å². The molecule has 0 aromatic carbocycles. The number of nitrogens with one attached hydrogen (secondary N) is 2. The second kappa shape index (κ2) is 5.72. The molecule has 0 aliphatic rings. The molecule has 0 spiro atoms. The normalized spacial score (nSPS) is 12.6. The van der Waals surface area contributed by atoms with Crippen molar-refractivity contribution in [2.24, 2.45) is 0 Å². The van der Waals surface area contributed by atoms with Gasteiger partial charge in [-0.3, -0.25) is 4.79 Å². The standard InChI is InChI=1S/C12H17N3O5/c1-7(11(17)20-12(2,3)4)13-10(16)8-5-6-9(14-8)15(18)19/h5-7,14H,1-4H3,(H,13,16)/t7-/m0/s1. The van der Waals surface area contributed by atoms with Crippen LogP contribution in [0.3, 0.4) is 0 Å². The monoisotopic (exact) mass is 283 g/mol. The number of amides is 1. The van der Waals surface area contributed by atoms with E-state index in [0.717, 1.165) is 0 Å². The Morgan fingerprint density at radius 2 is 2.00 bits per heavy atom. The number of carbonyl (C=O) groups is 2. The molecule has 0 saturated heterocycles. The number of hydrogen-bond acceptors (Lipinski definition) is 5. The molecule has 0 saturated carbocycles. The van der Waals surface area contributed by atoms with Crippen LogP contribution in [0.15, 0.2) is 12.1 Å². The molecule has 110 valence electrons. The first-order chi connectivity index (χ1) is 9.10. The van der Waals surface area contributed by atoms with Crippen molar-refractivity contribution in [2.75, 3.05) is 0 Å². The Balaban J connectivity index is 2.65. The van der Waals surface area contributed by atoms with Crippen LogP contribution in [-0.4, -0.2) is 33.4 Å². The van der Waals surface area contributed by atoms with E-state index in [0.29, 0.717) is 0 Å². The maximum Gasteiger partial charge on any atom is 0.328 e. The number of nitrogens with zero attached hydrogens (tertiary/aromatic N) is 1. The van der Waals surface area contributed by atoms with Gasteiger partial charge in [-0.1, -0.05) is 0 Å². The van der Waals surface area contributed by atoms with Gasteiger partial charge in [-0.2, -0.15) is 0 Å². The van der Waals surface area contributed by atoms with Crippen LogP contribution in [0.2, 0.25) is 0 Å². The third-order valence-electron chi connectivity index (χ3n) is 2.22. The minimum Gasteiger partial charge on any atom is -0.458 e. The molecule has 20 heavy (non-hydrogen) atoms. The van der Waals surface area contributed by atoms with Crippen LogP contribution in [0, 0.1) is 10.1 Å². The summed E-state index contributed by atoms with van der Waals surface area (Å²) in [5, 5.41) is 12.9. The maximum atomic E-state index is 11.8. The molecule has 0 aliphatic carbocycles. The van der Waals surface area contributed by atoms with Gasteiger partial charge in [0.05, 0.1) is 0 Å². The first-order valence-electron chi connectivity index (χ1n) is 5.97. The first-order valence-corrected chi connectivity index (χ1v) is 5.97. The van der Waals surface area contributed by atoms with E-state index in [4.69, 9.17) is 4.74 Å². The van der Waals surface area contributed by atoms with E-state index in [1.54, 1.807) is 20.8 Å². The summed E-state index contributed by atoms with van der Waals surface area (Å²) in [6.07, 6.45) is 0. The lowest BCUT2D eigenvalue weighted by Crippen LogP contribution is -2.42. The molecule has 8 heteroatoms. The fraction of sp³-hybridized carbons (Fsp3) is 0.500. The zero-order valence-corrected chi connectivity index (χ0v) is 11.7. The highest BCUT2D eigenvalue weighted by Gasteiger charge is 2.25. The number of nitro groups is 1. The lowest BCUT2D eigenvalue weighted by atomic mass is 10.2. The van der Waals surface area contributed by atoms with Gasteiger partial charge in [-0.15, -0.1) is 0 Å². The molecule has 0 aliphatic heterocycles. The van der Waals surface area contributed by atoms with E-state index in [-0.39, 0.29) is 11.5 Å². The Morgan fingerprint density at radius 1 is 1.40 bits per heavy atom. The SMILES string of the molecule is C[C@H](NC(=O)c1ccc([N+](=O)[O-])[nH]1)C(=O)OC(C)(C)C. The van der Waals surface area contributed by atoms with Gasteiger partial charge < -0.3 is 20.2 Å². The first kappa shape index (κ1) is 15.7. The van der Waals surface area contributed by atoms with Gasteiger partial charge in [-0.05, 0) is 38.7 Å². The summed E-state index contributed by atoms with van der Waals surface area (Å²) < 4.78 is 5.11. The zero-order valence-electron chi connectivity index (χ0n) is 11.7. The molecule has 2 N–H and O–H groups in total. The molecule has 0 radical (unpaired) electrons. The van der Waals surface area contributed by atoms with Crippen LogP contribution >= 0.6 is 0 Å². The minimum absolute atomic E-state index is 0.00658. The third-order valence-corrected chi connectivity index (χ3v) is 2.22. The van der Waals surface area contributed by atoms with E-state index in [9.17, 15) is 19.7 Å². The summed E-state index contributed by atoms with van der Waals surface area (Å²) in [5.74, 6) is -1.48. The van der Waals surface area contributed by atoms with Gasteiger partial charge in [0.15, 0.2) is 5.69 Å². The molecule has 0 unspecified atom stereocenters. The Labute approximate surface area is 115 Å². The van der Waals surface area contributed by atoms with Crippen LogP contribution in [0.25, 0.3) is 0 Å². The predicted molar refractivity (Wildman–Crippen MR) is 70.2 cm³/mol. The lowest BCUT2D eigenvalue weighted by molar-refractivity contribution is -0.389. The van der Waals surface area contributed by atoms with E-state index >= 15 is 0 Å². The predicted octanol–water partition coefficient (Wildman–Crippen LogP) is 1.38. The van der Waals surface area contributed by atoms with Crippen molar-refractivity contribution in [1.82, 2.24) is 10.3 Å². The molecule has 8 nitrogen and oxygen atoms in total. The van der Waals surface area contributed by atoms with E-state index in [1.165, 1.54) is 19.1 Å². The number of ether oxygens (including phenoxy) is 1. The number of rotatable bonds is 4. The van der Waals surface area contributed by atoms with Crippen LogP contribution in [0.5, 0.6) is 0 Å². The Bertz CT molecular complexity index is 529. The van der Waals surface area contributed by atoms with E-state index in [2.05, 4.69) is 10.3 Å². The second-order valence-electron chi connectivity index (χ2n) is 5.24. The molecule has 1 aromatic rings. The van der Waals surface area contributed by atoms with Crippen molar-refractivity contribution in [1.29, 1.82) is 0 Å². The number of aromatic amines is 1. The van der Waals surface area contributed by atoms with Crippen molar-refractivity contribution in [2.45, 2.75) is 39.3 Å². The highest BCUT2D eigenvalue weighted by molar-refractivity contribution is 5.95. The average molecular weight is 283 g/mol. The number of esters is 1. The summed E-state index contributed by atoms with van der Waals surface area (Å²) in [6, 6.07) is 1.59. The molecular formula is C12H17N3O5. The van der Waals surface area contributed by atoms with E-state index in [1.807, 2.05) is 0 Å². The van der Waals surface area contributed by atoms with Crippen molar-refractivity contribution < 1.29 is 19.2 Å². The Hall–Kier alpha value is -2.38. The number of aromatic nitrogens is 1. The summed E-state index contributed by atoms with van der Waals surface area (Å²) in [7, 11) is 0. The highest BCUT2D eigenvalue weighted by Crippen LogP contribution is 2.11. The third kappa shape index (κ3) is 4.38. The molecule has 1 atom stereocenters. The lowest BCUT2D eigenvalue weighted by Gasteiger charge is -2.22. The summed E-state index contributed by atoms with van der Waals surface area (Å²) in [4.78, 5) is 35.7. The number of carbonyl (C=O) groups excluding carboxylic acids is 2. The largest absolute Gasteiger partial charge is 0.458 e. The van der Waals surface area contributed by atoms with Crippen molar-refractivity contribution in [3.8, 4) is 0 Å². The van der Waals surface area contributed by atoms with Crippen LogP contribution in [0.1, 0.15) is 38.2 Å². The van der Waals surface area contributed by atoms with Crippen molar-refractivity contribution >= 4 is 17.7 Å². The van der Waals surface area contributed by atoms with Gasteiger partial charge in [0.2, 0.25) is 0 Å². The quantitative estimate of drug-likeness (QED) is 0.492. The molecule has 1 heterocycles. The Kier molecular flexibility index (Phi) is 4.49. The van der Waals surface area contributed by atoms with Crippen molar-refractivity contribution in [3.05, 3.63) is 27.9 Å². The number of H-pyrrole nitrogens is 1. The van der Waals surface area contributed by atoms with Gasteiger partial charge in [0.1, 0.15) is 11.6 Å². The van der Waals surface area contributed by atoms with Gasteiger partial charge >= 0.3 is 11.8 Å². The summed E-state index contributed by atoms with van der Waals surface area (Å²) >= 11 is 0. The topological polar surface area (TPSA) is 114 Å². The van der Waals surface area contributed by atoms with Gasteiger partial charge in [0.25, 0.3) is 5.91 Å². The smallest absolute Gasteiger partial charge is 0.328 e. The molecule has 1 aromatic heterocycles. The fourth-order valence-electron chi connectivity index (χ4n) is 1.35. The molecular weight excluding hydrogens is 266 g/mol. The summed E-state index contributed by atoms with van der Waals surface area (Å²) in [6.45, 7) is 6.62. The van der Waals surface area contributed by atoms with Crippen LogP contribution < -0.4 is 5.32 Å².